The summed E-state index contributed by atoms with van der Waals surface area (Å²) in [6.07, 6.45) is 3.69. The molecule has 0 fully saturated rings. The molecule has 0 bridgehead atoms. The van der Waals surface area contributed by atoms with Crippen molar-refractivity contribution in [3.63, 3.8) is 0 Å². The van der Waals surface area contributed by atoms with E-state index in [9.17, 15) is 0 Å². The summed E-state index contributed by atoms with van der Waals surface area (Å²) in [6, 6.07) is 5.85. The van der Waals surface area contributed by atoms with Gasteiger partial charge in [-0.05, 0) is 6.07 Å². The monoisotopic (exact) mass is 146 g/mol. The topological polar surface area (TPSA) is 29.7 Å². The summed E-state index contributed by atoms with van der Waals surface area (Å²) in [4.78, 5) is 0. The van der Waals surface area contributed by atoms with Crippen LogP contribution in [0.25, 0.3) is 11.0 Å². The molecule has 0 aliphatic rings. The lowest BCUT2D eigenvalue weighted by Gasteiger charge is -1.91. The molecule has 0 atom stereocenters. The molecule has 2 heterocycles. The van der Waals surface area contributed by atoms with Crippen molar-refractivity contribution in [2.75, 3.05) is 0 Å². The quantitative estimate of drug-likeness (QED) is 0.505. The Kier molecular flexibility index (Phi) is 1.28. The van der Waals surface area contributed by atoms with E-state index < -0.39 is 0 Å². The van der Waals surface area contributed by atoms with E-state index in [1.54, 1.807) is 6.20 Å². The largest absolute Gasteiger partial charge is 0.234 e. The highest BCUT2D eigenvalue weighted by atomic mass is 15.1. The Morgan fingerprint density at radius 3 is 3.09 bits per heavy atom. The van der Waals surface area contributed by atoms with Crippen LogP contribution in [0.2, 0.25) is 0 Å². The molecule has 2 rings (SSSR count). The van der Waals surface area contributed by atoms with Gasteiger partial charge in [0.2, 0.25) is 5.52 Å². The molecule has 11 heavy (non-hydrogen) atoms. The van der Waals surface area contributed by atoms with Crippen molar-refractivity contribution < 1.29 is 4.57 Å². The smallest absolute Gasteiger partial charge is 0.200 e. The molecule has 0 saturated heterocycles. The van der Waals surface area contributed by atoms with Gasteiger partial charge in [-0.1, -0.05) is 0 Å². The summed E-state index contributed by atoms with van der Waals surface area (Å²) >= 11 is 0. The predicted octanol–water partition coefficient (Wildman–Crippen LogP) is 0.454. The maximum atomic E-state index is 3.97. The van der Waals surface area contributed by atoms with Crippen molar-refractivity contribution >= 4 is 11.0 Å². The van der Waals surface area contributed by atoms with Crippen LogP contribution in [0, 0.1) is 0 Å². The van der Waals surface area contributed by atoms with Crippen molar-refractivity contribution in [3.8, 4) is 0 Å². The maximum Gasteiger partial charge on any atom is 0.234 e. The van der Waals surface area contributed by atoms with Crippen LogP contribution in [0.3, 0.4) is 0 Å². The van der Waals surface area contributed by atoms with Gasteiger partial charge in [-0.3, -0.25) is 0 Å². The van der Waals surface area contributed by atoms with Crippen molar-refractivity contribution in [2.45, 2.75) is 0 Å². The molecule has 0 N–H and O–H groups in total. The second-order valence-corrected chi connectivity index (χ2v) is 2.42. The van der Waals surface area contributed by atoms with Crippen LogP contribution in [0.4, 0.5) is 0 Å². The normalized spacial score (nSPS) is 10.3. The van der Waals surface area contributed by atoms with Gasteiger partial charge in [0.25, 0.3) is 0 Å². The van der Waals surface area contributed by atoms with Gasteiger partial charge < -0.3 is 0 Å². The summed E-state index contributed by atoms with van der Waals surface area (Å²) in [7, 11) is 1.99. The van der Waals surface area contributed by atoms with E-state index in [1.807, 2.05) is 36.0 Å². The van der Waals surface area contributed by atoms with Gasteiger partial charge in [-0.2, -0.15) is 9.67 Å². The van der Waals surface area contributed by atoms with Crippen LogP contribution in [-0.4, -0.2) is 10.2 Å². The highest BCUT2D eigenvalue weighted by Crippen LogP contribution is 2.00. The highest BCUT2D eigenvalue weighted by molar-refractivity contribution is 5.68. The number of aromatic nitrogens is 3. The molecule has 0 aliphatic carbocycles. The maximum absolute atomic E-state index is 3.97. The van der Waals surface area contributed by atoms with Crippen molar-refractivity contribution in [1.82, 2.24) is 10.2 Å². The van der Waals surface area contributed by atoms with E-state index >= 15 is 0 Å². The van der Waals surface area contributed by atoms with Crippen LogP contribution < -0.4 is 4.57 Å². The van der Waals surface area contributed by atoms with E-state index in [-0.39, 0.29) is 0 Å². The Morgan fingerprint density at radius 2 is 2.27 bits per heavy atom. The van der Waals surface area contributed by atoms with E-state index in [2.05, 4.69) is 10.2 Å². The summed E-state index contributed by atoms with van der Waals surface area (Å²) in [5.41, 5.74) is 2.03. The van der Waals surface area contributed by atoms with E-state index in [0.717, 1.165) is 11.0 Å². The average Bonchev–Trinajstić information content (AvgIpc) is 2.06. The van der Waals surface area contributed by atoms with Gasteiger partial charge >= 0.3 is 0 Å². The number of rotatable bonds is 0. The van der Waals surface area contributed by atoms with Gasteiger partial charge in [0.1, 0.15) is 7.05 Å². The van der Waals surface area contributed by atoms with Crippen LogP contribution >= 0.6 is 0 Å². The van der Waals surface area contributed by atoms with Gasteiger partial charge in [-0.25, -0.2) is 0 Å². The molecule has 2 aromatic rings. The van der Waals surface area contributed by atoms with Gasteiger partial charge in [0, 0.05) is 12.1 Å². The van der Waals surface area contributed by atoms with E-state index in [0.29, 0.717) is 0 Å². The number of hydrogen-bond donors (Lipinski definition) is 0. The van der Waals surface area contributed by atoms with Crippen LogP contribution in [0.15, 0.2) is 30.6 Å². The Hall–Kier alpha value is -1.51. The molecule has 0 aromatic carbocycles. The lowest BCUT2D eigenvalue weighted by molar-refractivity contribution is -0.645. The van der Waals surface area contributed by atoms with Gasteiger partial charge in [-0.15, -0.1) is 5.10 Å². The highest BCUT2D eigenvalue weighted by Gasteiger charge is 2.01. The number of fused-ring (bicyclic) bond motifs is 1. The zero-order chi connectivity index (χ0) is 7.68. The minimum atomic E-state index is 0.928. The zero-order valence-corrected chi connectivity index (χ0v) is 6.23. The van der Waals surface area contributed by atoms with Crippen LogP contribution in [-0.2, 0) is 7.05 Å². The number of aryl methyl sites for hydroxylation is 1. The SMILES string of the molecule is C[n+]1cccc2nnccc21. The van der Waals surface area contributed by atoms with Gasteiger partial charge in [0.15, 0.2) is 11.7 Å². The van der Waals surface area contributed by atoms with Crippen molar-refractivity contribution in [2.24, 2.45) is 7.05 Å². The average molecular weight is 146 g/mol. The number of pyridine rings is 1. The molecule has 0 spiro atoms. The second-order valence-electron chi connectivity index (χ2n) is 2.42. The zero-order valence-electron chi connectivity index (χ0n) is 6.23. The second kappa shape index (κ2) is 2.27. The third-order valence-electron chi connectivity index (χ3n) is 1.67. The van der Waals surface area contributed by atoms with Gasteiger partial charge in [0.05, 0.1) is 6.20 Å². The summed E-state index contributed by atoms with van der Waals surface area (Å²) in [5, 5.41) is 7.76. The fraction of sp³-hybridized carbons (Fsp3) is 0.125. The summed E-state index contributed by atoms with van der Waals surface area (Å²) < 4.78 is 2.02. The predicted molar refractivity (Wildman–Crippen MR) is 40.7 cm³/mol. The Labute approximate surface area is 64.3 Å². The lowest BCUT2D eigenvalue weighted by Crippen LogP contribution is -2.28. The summed E-state index contributed by atoms with van der Waals surface area (Å²) in [5.74, 6) is 0. The van der Waals surface area contributed by atoms with E-state index in [1.165, 1.54) is 0 Å². The molecule has 0 amide bonds. The molecule has 54 valence electrons. The fourth-order valence-electron chi connectivity index (χ4n) is 1.10. The first-order valence-electron chi connectivity index (χ1n) is 3.44. The molecule has 3 nitrogen and oxygen atoms in total. The Balaban J connectivity index is 2.91. The minimum absolute atomic E-state index is 0.928. The number of hydrogen-bond acceptors (Lipinski definition) is 2. The Morgan fingerprint density at radius 1 is 1.36 bits per heavy atom. The molecule has 3 heteroatoms. The minimum Gasteiger partial charge on any atom is -0.200 e. The van der Waals surface area contributed by atoms with Crippen LogP contribution in [0.5, 0.6) is 0 Å². The molecular weight excluding hydrogens is 138 g/mol. The molecule has 0 aliphatic heterocycles. The third-order valence-corrected chi connectivity index (χ3v) is 1.67. The third kappa shape index (κ3) is 0.941. The molecule has 0 radical (unpaired) electrons. The molecule has 2 aromatic heterocycles. The van der Waals surface area contributed by atoms with Crippen LogP contribution in [0.1, 0.15) is 0 Å². The number of nitrogens with zero attached hydrogens (tertiary/aromatic N) is 3. The first-order valence-corrected chi connectivity index (χ1v) is 3.44. The Bertz CT molecular complexity index is 378. The fourth-order valence-corrected chi connectivity index (χ4v) is 1.10. The standard InChI is InChI=1S/C8H8N3/c1-11-6-2-3-7-8(11)4-5-9-10-7/h2-6H,1H3/q+1. The molecule has 0 unspecified atom stereocenters. The van der Waals surface area contributed by atoms with Crippen molar-refractivity contribution in [1.29, 1.82) is 0 Å². The summed E-state index contributed by atoms with van der Waals surface area (Å²) in [6.45, 7) is 0. The molecule has 0 saturated carbocycles. The first kappa shape index (κ1) is 6.22. The van der Waals surface area contributed by atoms with E-state index in [4.69, 9.17) is 0 Å². The molecular formula is C8H8N3+. The van der Waals surface area contributed by atoms with Crippen molar-refractivity contribution in [3.05, 3.63) is 30.6 Å². The lowest BCUT2D eigenvalue weighted by atomic mass is 10.3. The first-order chi connectivity index (χ1) is 5.38.